The Morgan fingerprint density at radius 3 is 2.73 bits per heavy atom. The highest BCUT2D eigenvalue weighted by Crippen LogP contribution is 2.30. The van der Waals surface area contributed by atoms with Gasteiger partial charge in [0, 0.05) is 24.9 Å². The number of carboxylic acids is 1. The molecule has 1 amide bonds. The van der Waals surface area contributed by atoms with Crippen molar-refractivity contribution in [1.82, 2.24) is 15.0 Å². The lowest BCUT2D eigenvalue weighted by Gasteiger charge is -2.31. The number of nitrogens with zero attached hydrogens (tertiary/aromatic N) is 3. The van der Waals surface area contributed by atoms with Gasteiger partial charge in [0.05, 0.1) is 7.11 Å². The van der Waals surface area contributed by atoms with E-state index in [4.69, 9.17) is 9.26 Å². The minimum absolute atomic E-state index is 0.132. The van der Waals surface area contributed by atoms with Gasteiger partial charge in [-0.2, -0.15) is 4.98 Å². The van der Waals surface area contributed by atoms with E-state index < -0.39 is 11.5 Å². The zero-order valence-corrected chi connectivity index (χ0v) is 14.8. The topological polar surface area (TPSA) is 106 Å². The molecule has 0 spiro atoms. The summed E-state index contributed by atoms with van der Waals surface area (Å²) < 4.78 is 10.3. The maximum Gasteiger partial charge on any atom is 0.329 e. The molecule has 2 aromatic rings. The molecule has 1 aromatic heterocycles. The van der Waals surface area contributed by atoms with Crippen molar-refractivity contribution in [2.45, 2.75) is 38.1 Å². The number of ether oxygens (including phenoxy) is 1. The summed E-state index contributed by atoms with van der Waals surface area (Å²) in [4.78, 5) is 29.7. The van der Waals surface area contributed by atoms with E-state index in [1.165, 1.54) is 4.90 Å². The van der Waals surface area contributed by atoms with Gasteiger partial charge in [0.15, 0.2) is 0 Å². The molecule has 8 heteroatoms. The summed E-state index contributed by atoms with van der Waals surface area (Å²) in [5, 5.41) is 13.3. The third-order valence-corrected chi connectivity index (χ3v) is 4.77. The van der Waals surface area contributed by atoms with E-state index in [1.54, 1.807) is 26.2 Å². The average Bonchev–Trinajstić information content (AvgIpc) is 3.27. The van der Waals surface area contributed by atoms with E-state index in [2.05, 4.69) is 10.1 Å². The molecule has 138 valence electrons. The van der Waals surface area contributed by atoms with Crippen molar-refractivity contribution >= 4 is 11.9 Å². The van der Waals surface area contributed by atoms with Gasteiger partial charge in [0.2, 0.25) is 17.6 Å². The summed E-state index contributed by atoms with van der Waals surface area (Å²) in [5.74, 6) is 0.335. The molecule has 0 aliphatic carbocycles. The van der Waals surface area contributed by atoms with E-state index in [1.807, 2.05) is 12.1 Å². The zero-order valence-electron chi connectivity index (χ0n) is 14.8. The Hall–Kier alpha value is -2.90. The molecule has 1 unspecified atom stereocenters. The summed E-state index contributed by atoms with van der Waals surface area (Å²) in [6.45, 7) is 2.05. The zero-order chi connectivity index (χ0) is 18.7. The van der Waals surface area contributed by atoms with Crippen molar-refractivity contribution < 1.29 is 24.0 Å². The van der Waals surface area contributed by atoms with E-state index in [-0.39, 0.29) is 18.7 Å². The Morgan fingerprint density at radius 1 is 1.35 bits per heavy atom. The predicted molar refractivity (Wildman–Crippen MR) is 91.6 cm³/mol. The van der Waals surface area contributed by atoms with Crippen LogP contribution in [0.4, 0.5) is 0 Å². The number of carbonyl (C=O) groups excluding carboxylic acids is 1. The normalized spacial score (nSPS) is 19.5. The monoisotopic (exact) mass is 359 g/mol. The molecule has 1 aliphatic rings. The van der Waals surface area contributed by atoms with Gasteiger partial charge in [-0.05, 0) is 44.0 Å². The lowest BCUT2D eigenvalue weighted by Crippen LogP contribution is -2.50. The number of aromatic nitrogens is 2. The molecular weight excluding hydrogens is 338 g/mol. The summed E-state index contributed by atoms with van der Waals surface area (Å²) in [6, 6.07) is 7.24. The molecular formula is C18H21N3O5. The summed E-state index contributed by atoms with van der Waals surface area (Å²) in [5.41, 5.74) is -0.342. The van der Waals surface area contributed by atoms with Crippen molar-refractivity contribution in [1.29, 1.82) is 0 Å². The number of aryl methyl sites for hydroxylation is 1. The number of benzene rings is 1. The predicted octanol–water partition coefficient (Wildman–Crippen LogP) is 2.14. The minimum Gasteiger partial charge on any atom is -0.497 e. The number of methoxy groups -OCH3 is 1. The Labute approximate surface area is 150 Å². The Balaban J connectivity index is 1.62. The van der Waals surface area contributed by atoms with Gasteiger partial charge in [0.1, 0.15) is 11.3 Å². The maximum absolute atomic E-state index is 12.4. The lowest BCUT2D eigenvalue weighted by molar-refractivity contribution is -0.155. The van der Waals surface area contributed by atoms with Crippen LogP contribution in [0.15, 0.2) is 28.8 Å². The van der Waals surface area contributed by atoms with E-state index in [0.29, 0.717) is 31.1 Å². The van der Waals surface area contributed by atoms with Gasteiger partial charge >= 0.3 is 5.97 Å². The van der Waals surface area contributed by atoms with Crippen LogP contribution in [0.2, 0.25) is 0 Å². The third-order valence-electron chi connectivity index (χ3n) is 4.77. The van der Waals surface area contributed by atoms with E-state index >= 15 is 0 Å². The van der Waals surface area contributed by atoms with Gasteiger partial charge in [0.25, 0.3) is 0 Å². The van der Waals surface area contributed by atoms with Crippen molar-refractivity contribution in [3.8, 4) is 17.1 Å². The number of hydrogen-bond donors (Lipinski definition) is 1. The number of amides is 1. The van der Waals surface area contributed by atoms with Crippen molar-refractivity contribution in [3.63, 3.8) is 0 Å². The van der Waals surface area contributed by atoms with Crippen molar-refractivity contribution in [2.75, 3.05) is 13.7 Å². The standard InChI is InChI=1S/C18H21N3O5/c1-18(17(23)24)10-3-11-21(18)15(22)9-8-14-19-16(20-26-14)12-4-6-13(25-2)7-5-12/h4-7H,3,8-11H2,1-2H3,(H,23,24). The fourth-order valence-electron chi connectivity index (χ4n) is 3.15. The number of carbonyl (C=O) groups is 2. The molecule has 1 aliphatic heterocycles. The molecule has 1 atom stereocenters. The van der Waals surface area contributed by atoms with Crippen LogP contribution in [0, 0.1) is 0 Å². The molecule has 26 heavy (non-hydrogen) atoms. The van der Waals surface area contributed by atoms with Gasteiger partial charge in [-0.25, -0.2) is 4.79 Å². The second-order valence-corrected chi connectivity index (χ2v) is 6.47. The van der Waals surface area contributed by atoms with Crippen LogP contribution in [0.25, 0.3) is 11.4 Å². The number of aliphatic carboxylic acids is 1. The van der Waals surface area contributed by atoms with Crippen LogP contribution in [-0.4, -0.2) is 51.2 Å². The largest absolute Gasteiger partial charge is 0.497 e. The molecule has 0 saturated carbocycles. The van der Waals surface area contributed by atoms with E-state index in [0.717, 1.165) is 11.3 Å². The molecule has 1 aromatic carbocycles. The van der Waals surface area contributed by atoms with Crippen LogP contribution in [0.5, 0.6) is 5.75 Å². The second-order valence-electron chi connectivity index (χ2n) is 6.47. The van der Waals surface area contributed by atoms with Gasteiger partial charge in [-0.1, -0.05) is 5.16 Å². The Morgan fingerprint density at radius 2 is 2.08 bits per heavy atom. The van der Waals surface area contributed by atoms with Crippen LogP contribution in [0.1, 0.15) is 32.1 Å². The molecule has 1 saturated heterocycles. The van der Waals surface area contributed by atoms with Crippen molar-refractivity contribution in [3.05, 3.63) is 30.2 Å². The first-order valence-corrected chi connectivity index (χ1v) is 8.45. The molecule has 1 N–H and O–H groups in total. The first-order valence-electron chi connectivity index (χ1n) is 8.45. The Kier molecular flexibility index (Phi) is 4.92. The highest BCUT2D eigenvalue weighted by molar-refractivity contribution is 5.87. The summed E-state index contributed by atoms with van der Waals surface area (Å²) in [7, 11) is 1.59. The fraction of sp³-hybridized carbons (Fsp3) is 0.444. The van der Waals surface area contributed by atoms with Gasteiger partial charge in [-0.15, -0.1) is 0 Å². The molecule has 8 nitrogen and oxygen atoms in total. The number of hydrogen-bond acceptors (Lipinski definition) is 6. The van der Waals surface area contributed by atoms with Crippen LogP contribution in [0.3, 0.4) is 0 Å². The summed E-state index contributed by atoms with van der Waals surface area (Å²) in [6.07, 6.45) is 1.56. The van der Waals surface area contributed by atoms with Crippen molar-refractivity contribution in [2.24, 2.45) is 0 Å². The van der Waals surface area contributed by atoms with Crippen LogP contribution in [-0.2, 0) is 16.0 Å². The number of rotatable bonds is 6. The lowest BCUT2D eigenvalue weighted by atomic mass is 9.99. The first kappa shape index (κ1) is 17.9. The summed E-state index contributed by atoms with van der Waals surface area (Å²) >= 11 is 0. The first-order chi connectivity index (χ1) is 12.4. The van der Waals surface area contributed by atoms with Crippen LogP contribution >= 0.6 is 0 Å². The number of likely N-dealkylation sites (tertiary alicyclic amines) is 1. The maximum atomic E-state index is 12.4. The average molecular weight is 359 g/mol. The molecule has 1 fully saturated rings. The fourth-order valence-corrected chi connectivity index (χ4v) is 3.15. The third kappa shape index (κ3) is 3.40. The number of carboxylic acid groups (broad SMARTS) is 1. The molecule has 0 radical (unpaired) electrons. The quantitative estimate of drug-likeness (QED) is 0.842. The van der Waals surface area contributed by atoms with Crippen LogP contribution < -0.4 is 4.74 Å². The second kappa shape index (κ2) is 7.15. The van der Waals surface area contributed by atoms with Gasteiger partial charge < -0.3 is 19.3 Å². The highest BCUT2D eigenvalue weighted by atomic mass is 16.5. The molecule has 0 bridgehead atoms. The minimum atomic E-state index is -1.12. The highest BCUT2D eigenvalue weighted by Gasteiger charge is 2.45. The van der Waals surface area contributed by atoms with E-state index in [9.17, 15) is 14.7 Å². The molecule has 2 heterocycles. The Bertz CT molecular complexity index is 801. The molecule has 3 rings (SSSR count). The SMILES string of the molecule is COc1ccc(-c2noc(CCC(=O)N3CCCC3(C)C(=O)O)n2)cc1. The smallest absolute Gasteiger partial charge is 0.329 e. The van der Waals surface area contributed by atoms with Gasteiger partial charge in [-0.3, -0.25) is 4.79 Å².